The van der Waals surface area contributed by atoms with Gasteiger partial charge in [-0.05, 0) is 18.9 Å². The van der Waals surface area contributed by atoms with Crippen molar-refractivity contribution in [3.05, 3.63) is 28.3 Å². The third-order valence-electron chi connectivity index (χ3n) is 2.49. The van der Waals surface area contributed by atoms with Crippen molar-refractivity contribution in [2.75, 3.05) is 0 Å². The molecule has 0 saturated heterocycles. The summed E-state index contributed by atoms with van der Waals surface area (Å²) in [6.45, 7) is 3.62. The number of hydrogen-bond acceptors (Lipinski definition) is 6. The lowest BCUT2D eigenvalue weighted by Crippen LogP contribution is -2.11. The van der Waals surface area contributed by atoms with E-state index in [1.807, 2.05) is 6.92 Å². The van der Waals surface area contributed by atoms with Gasteiger partial charge in [0.05, 0.1) is 11.0 Å². The molecule has 114 valence electrons. The molecule has 7 nitrogen and oxygen atoms in total. The Morgan fingerprint density at radius 2 is 1.57 bits per heavy atom. The highest BCUT2D eigenvalue weighted by Crippen LogP contribution is 2.32. The first kappa shape index (κ1) is 16.6. The Morgan fingerprint density at radius 1 is 1.05 bits per heavy atom. The zero-order chi connectivity index (χ0) is 15.8. The second-order valence-electron chi connectivity index (χ2n) is 4.34. The van der Waals surface area contributed by atoms with E-state index in [4.69, 9.17) is 9.47 Å². The largest absolute Gasteiger partial charge is 0.423 e. The first-order valence-corrected chi connectivity index (χ1v) is 6.67. The maximum absolute atomic E-state index is 11.5. The lowest BCUT2D eigenvalue weighted by molar-refractivity contribution is -0.384. The zero-order valence-electron chi connectivity index (χ0n) is 12.0. The average molecular weight is 295 g/mol. The number of esters is 2. The van der Waals surface area contributed by atoms with Gasteiger partial charge in [-0.3, -0.25) is 19.7 Å². The van der Waals surface area contributed by atoms with Gasteiger partial charge in [-0.15, -0.1) is 0 Å². The topological polar surface area (TPSA) is 95.7 Å². The molecule has 0 heterocycles. The molecular formula is C14H17NO6. The van der Waals surface area contributed by atoms with Gasteiger partial charge in [0, 0.05) is 18.9 Å². The molecule has 0 aliphatic carbocycles. The standard InChI is InChI=1S/C14H17NO6/c1-3-5-13(16)20-11-8-7-10(15(18)19)9-12(11)21-14(17)6-4-2/h7-9H,3-6H2,1-2H3. The molecule has 0 atom stereocenters. The van der Waals surface area contributed by atoms with Crippen molar-refractivity contribution in [3.8, 4) is 11.5 Å². The Bertz CT molecular complexity index is 540. The van der Waals surface area contributed by atoms with Crippen LogP contribution in [0.15, 0.2) is 18.2 Å². The second kappa shape index (κ2) is 7.98. The molecule has 0 fully saturated rings. The summed E-state index contributed by atoms with van der Waals surface area (Å²) in [5.41, 5.74) is -0.246. The van der Waals surface area contributed by atoms with Crippen molar-refractivity contribution in [3.63, 3.8) is 0 Å². The highest BCUT2D eigenvalue weighted by atomic mass is 16.6. The van der Waals surface area contributed by atoms with Crippen LogP contribution in [-0.4, -0.2) is 16.9 Å². The van der Waals surface area contributed by atoms with Crippen molar-refractivity contribution < 1.29 is 24.0 Å². The summed E-state index contributed by atoms with van der Waals surface area (Å²) in [7, 11) is 0. The molecule has 0 aliphatic rings. The van der Waals surface area contributed by atoms with E-state index in [-0.39, 0.29) is 30.0 Å². The van der Waals surface area contributed by atoms with E-state index in [1.165, 1.54) is 12.1 Å². The van der Waals surface area contributed by atoms with Crippen LogP contribution >= 0.6 is 0 Å². The van der Waals surface area contributed by atoms with Crippen molar-refractivity contribution >= 4 is 17.6 Å². The number of nitro groups is 1. The number of carbonyl (C=O) groups is 2. The van der Waals surface area contributed by atoms with Gasteiger partial charge in [-0.25, -0.2) is 0 Å². The quantitative estimate of drug-likeness (QED) is 0.332. The molecule has 1 aromatic carbocycles. The van der Waals surface area contributed by atoms with Gasteiger partial charge in [0.2, 0.25) is 0 Å². The molecule has 0 bridgehead atoms. The summed E-state index contributed by atoms with van der Waals surface area (Å²) >= 11 is 0. The average Bonchev–Trinajstić information content (AvgIpc) is 2.41. The minimum atomic E-state index is -0.616. The van der Waals surface area contributed by atoms with Gasteiger partial charge >= 0.3 is 11.9 Å². The maximum Gasteiger partial charge on any atom is 0.311 e. The SMILES string of the molecule is CCCC(=O)Oc1ccc([N+](=O)[O-])cc1OC(=O)CCC. The Kier molecular flexibility index (Phi) is 6.32. The number of nitrogens with zero attached hydrogens (tertiary/aromatic N) is 1. The number of rotatable bonds is 7. The summed E-state index contributed by atoms with van der Waals surface area (Å²) in [6, 6.07) is 3.51. The van der Waals surface area contributed by atoms with Crippen LogP contribution < -0.4 is 9.47 Å². The first-order chi connectivity index (χ1) is 9.97. The fourth-order valence-corrected chi connectivity index (χ4v) is 1.53. The van der Waals surface area contributed by atoms with Crippen LogP contribution in [0.4, 0.5) is 5.69 Å². The maximum atomic E-state index is 11.5. The van der Waals surface area contributed by atoms with Gasteiger partial charge < -0.3 is 9.47 Å². The van der Waals surface area contributed by atoms with Crippen molar-refractivity contribution in [2.45, 2.75) is 39.5 Å². The summed E-state index contributed by atoms with van der Waals surface area (Å²) in [5, 5.41) is 10.8. The zero-order valence-corrected chi connectivity index (χ0v) is 12.0. The highest BCUT2D eigenvalue weighted by molar-refractivity contribution is 5.76. The minimum absolute atomic E-state index is 0.00324. The second-order valence-corrected chi connectivity index (χ2v) is 4.34. The molecular weight excluding hydrogens is 278 g/mol. The normalized spacial score (nSPS) is 10.0. The highest BCUT2D eigenvalue weighted by Gasteiger charge is 2.17. The fraction of sp³-hybridized carbons (Fsp3) is 0.429. The Morgan fingerprint density at radius 3 is 2.05 bits per heavy atom. The molecule has 0 aliphatic heterocycles. The third-order valence-corrected chi connectivity index (χ3v) is 2.49. The van der Waals surface area contributed by atoms with Gasteiger partial charge in [0.25, 0.3) is 5.69 Å². The van der Waals surface area contributed by atoms with Gasteiger partial charge in [0.15, 0.2) is 11.5 Å². The molecule has 1 rings (SSSR count). The number of nitro benzene ring substituents is 1. The van der Waals surface area contributed by atoms with Gasteiger partial charge in [-0.2, -0.15) is 0 Å². The fourth-order valence-electron chi connectivity index (χ4n) is 1.53. The summed E-state index contributed by atoms with van der Waals surface area (Å²) in [6.07, 6.45) is 1.57. The van der Waals surface area contributed by atoms with Crippen LogP contribution in [-0.2, 0) is 9.59 Å². The molecule has 0 unspecified atom stereocenters. The molecule has 0 spiro atoms. The Hall–Kier alpha value is -2.44. The van der Waals surface area contributed by atoms with E-state index in [0.29, 0.717) is 12.8 Å². The first-order valence-electron chi connectivity index (χ1n) is 6.67. The van der Waals surface area contributed by atoms with Gasteiger partial charge in [-0.1, -0.05) is 13.8 Å². The number of benzene rings is 1. The molecule has 1 aromatic rings. The van der Waals surface area contributed by atoms with Crippen LogP contribution in [0.2, 0.25) is 0 Å². The van der Waals surface area contributed by atoms with Crippen LogP contribution in [0, 0.1) is 10.1 Å². The van der Waals surface area contributed by atoms with Crippen LogP contribution in [0.1, 0.15) is 39.5 Å². The Labute approximate surface area is 122 Å². The monoisotopic (exact) mass is 295 g/mol. The number of ether oxygens (including phenoxy) is 2. The molecule has 0 amide bonds. The van der Waals surface area contributed by atoms with E-state index in [2.05, 4.69) is 0 Å². The molecule has 0 aromatic heterocycles. The molecule has 0 saturated carbocycles. The molecule has 0 radical (unpaired) electrons. The van der Waals surface area contributed by atoms with E-state index < -0.39 is 16.9 Å². The van der Waals surface area contributed by atoms with Crippen LogP contribution in [0.3, 0.4) is 0 Å². The minimum Gasteiger partial charge on any atom is -0.423 e. The van der Waals surface area contributed by atoms with Crippen molar-refractivity contribution in [1.29, 1.82) is 0 Å². The summed E-state index contributed by atoms with van der Waals surface area (Å²) < 4.78 is 10.1. The number of non-ortho nitro benzene ring substituents is 1. The van der Waals surface area contributed by atoms with Crippen molar-refractivity contribution in [1.82, 2.24) is 0 Å². The predicted octanol–water partition coefficient (Wildman–Crippen LogP) is 3.01. The summed E-state index contributed by atoms with van der Waals surface area (Å²) in [5.74, 6) is -1.14. The molecule has 7 heteroatoms. The van der Waals surface area contributed by atoms with Gasteiger partial charge in [0.1, 0.15) is 0 Å². The van der Waals surface area contributed by atoms with E-state index in [0.717, 1.165) is 6.07 Å². The summed E-state index contributed by atoms with van der Waals surface area (Å²) in [4.78, 5) is 33.2. The molecule has 21 heavy (non-hydrogen) atoms. The van der Waals surface area contributed by atoms with Crippen LogP contribution in [0.25, 0.3) is 0 Å². The predicted molar refractivity (Wildman–Crippen MR) is 74.2 cm³/mol. The van der Waals surface area contributed by atoms with E-state index in [1.54, 1.807) is 6.92 Å². The van der Waals surface area contributed by atoms with Crippen molar-refractivity contribution in [2.24, 2.45) is 0 Å². The van der Waals surface area contributed by atoms with Crippen LogP contribution in [0.5, 0.6) is 11.5 Å². The van der Waals surface area contributed by atoms with E-state index >= 15 is 0 Å². The Balaban J connectivity index is 3.01. The number of carbonyl (C=O) groups excluding carboxylic acids is 2. The number of hydrogen-bond donors (Lipinski definition) is 0. The third kappa shape index (κ3) is 5.21. The smallest absolute Gasteiger partial charge is 0.311 e. The lowest BCUT2D eigenvalue weighted by atomic mass is 10.2. The lowest BCUT2D eigenvalue weighted by Gasteiger charge is -2.10. The molecule has 0 N–H and O–H groups in total. The van der Waals surface area contributed by atoms with E-state index in [9.17, 15) is 19.7 Å².